The van der Waals surface area contributed by atoms with Crippen LogP contribution in [0.3, 0.4) is 0 Å². The third-order valence-electron chi connectivity index (χ3n) is 10.7. The van der Waals surface area contributed by atoms with Crippen LogP contribution in [0.4, 0.5) is 0 Å². The molecule has 0 N–H and O–H groups in total. The standard InChI is InChI=1S/C48H27N5O2/c1-2-10-29-25-32(18-17-28(29)9-1)46-50-47(45-44-36-13-5-8-16-41(36)55-43(44)23-24-49-45)52-48(51-46)53-38-14-6-3-11-33(38)34-21-19-31(27-39(34)53)30-20-22-42-37(26-30)35-12-4-7-15-40(35)54-42/h1-27H. The van der Waals surface area contributed by atoms with Crippen molar-refractivity contribution in [3.05, 3.63) is 164 Å². The Labute approximate surface area is 312 Å². The van der Waals surface area contributed by atoms with Crippen LogP contribution in [-0.2, 0) is 0 Å². The summed E-state index contributed by atoms with van der Waals surface area (Å²) < 4.78 is 14.6. The smallest absolute Gasteiger partial charge is 0.238 e. The minimum atomic E-state index is 0.463. The Morgan fingerprint density at radius 3 is 1.96 bits per heavy atom. The summed E-state index contributed by atoms with van der Waals surface area (Å²) in [6.07, 6.45) is 1.76. The fourth-order valence-electron chi connectivity index (χ4n) is 8.14. The van der Waals surface area contributed by atoms with E-state index in [1.54, 1.807) is 6.20 Å². The molecule has 5 heterocycles. The molecule has 0 aliphatic rings. The predicted octanol–water partition coefficient (Wildman–Crippen LogP) is 12.3. The zero-order valence-electron chi connectivity index (χ0n) is 29.1. The molecule has 0 amide bonds. The summed E-state index contributed by atoms with van der Waals surface area (Å²) in [5, 5.41) is 8.47. The molecule has 7 nitrogen and oxygen atoms in total. The number of para-hydroxylation sites is 3. The Bertz CT molecular complexity index is 3520. The minimum Gasteiger partial charge on any atom is -0.456 e. The van der Waals surface area contributed by atoms with Gasteiger partial charge in [0, 0.05) is 38.7 Å². The van der Waals surface area contributed by atoms with Gasteiger partial charge in [0.2, 0.25) is 5.95 Å². The summed E-state index contributed by atoms with van der Waals surface area (Å²) in [6, 6.07) is 54.2. The number of hydrogen-bond donors (Lipinski definition) is 0. The van der Waals surface area contributed by atoms with Gasteiger partial charge in [0.25, 0.3) is 0 Å². The second kappa shape index (κ2) is 11.4. The van der Waals surface area contributed by atoms with Gasteiger partial charge in [-0.05, 0) is 70.4 Å². The monoisotopic (exact) mass is 705 g/mol. The Morgan fingerprint density at radius 2 is 1.05 bits per heavy atom. The van der Waals surface area contributed by atoms with Crippen molar-refractivity contribution in [1.82, 2.24) is 24.5 Å². The maximum absolute atomic E-state index is 6.27. The summed E-state index contributed by atoms with van der Waals surface area (Å²) in [4.78, 5) is 20.6. The predicted molar refractivity (Wildman–Crippen MR) is 220 cm³/mol. The van der Waals surface area contributed by atoms with E-state index in [-0.39, 0.29) is 0 Å². The first-order valence-electron chi connectivity index (χ1n) is 18.2. The lowest BCUT2D eigenvalue weighted by Gasteiger charge is -2.12. The zero-order chi connectivity index (χ0) is 36.0. The van der Waals surface area contributed by atoms with E-state index in [0.717, 1.165) is 93.1 Å². The molecule has 55 heavy (non-hydrogen) atoms. The Kier molecular flexibility index (Phi) is 6.21. The van der Waals surface area contributed by atoms with Crippen molar-refractivity contribution in [3.8, 4) is 40.0 Å². The van der Waals surface area contributed by atoms with Crippen molar-refractivity contribution in [1.29, 1.82) is 0 Å². The van der Waals surface area contributed by atoms with E-state index in [2.05, 4.69) is 120 Å². The first kappa shape index (κ1) is 29.9. The number of benzene rings is 7. The number of fused-ring (bicyclic) bond motifs is 10. The van der Waals surface area contributed by atoms with Crippen LogP contribution in [0.5, 0.6) is 0 Å². The summed E-state index contributed by atoms with van der Waals surface area (Å²) in [5.74, 6) is 1.51. The first-order valence-corrected chi connectivity index (χ1v) is 18.2. The van der Waals surface area contributed by atoms with Crippen LogP contribution in [0, 0.1) is 0 Å². The summed E-state index contributed by atoms with van der Waals surface area (Å²) in [5.41, 5.74) is 8.92. The third-order valence-corrected chi connectivity index (χ3v) is 10.7. The summed E-state index contributed by atoms with van der Waals surface area (Å²) in [7, 11) is 0. The Morgan fingerprint density at radius 1 is 0.400 bits per heavy atom. The van der Waals surface area contributed by atoms with Crippen LogP contribution in [0.15, 0.2) is 173 Å². The molecule has 12 rings (SSSR count). The van der Waals surface area contributed by atoms with Crippen LogP contribution in [0.2, 0.25) is 0 Å². The second-order valence-electron chi connectivity index (χ2n) is 13.9. The quantitative estimate of drug-likeness (QED) is 0.181. The molecule has 7 heteroatoms. The van der Waals surface area contributed by atoms with Crippen molar-refractivity contribution >= 4 is 76.5 Å². The molecule has 0 saturated carbocycles. The molecule has 0 aliphatic heterocycles. The molecule has 12 aromatic rings. The molecule has 7 aromatic carbocycles. The number of hydrogen-bond acceptors (Lipinski definition) is 6. The fraction of sp³-hybridized carbons (Fsp3) is 0. The zero-order valence-corrected chi connectivity index (χ0v) is 29.1. The van der Waals surface area contributed by atoms with Gasteiger partial charge in [-0.3, -0.25) is 9.55 Å². The average molecular weight is 706 g/mol. The lowest BCUT2D eigenvalue weighted by Crippen LogP contribution is -2.07. The Hall–Kier alpha value is -7.64. The maximum Gasteiger partial charge on any atom is 0.238 e. The molecule has 5 aromatic heterocycles. The molecule has 0 radical (unpaired) electrons. The topological polar surface area (TPSA) is 82.8 Å². The van der Waals surface area contributed by atoms with Crippen LogP contribution in [0.1, 0.15) is 0 Å². The maximum atomic E-state index is 6.27. The van der Waals surface area contributed by atoms with Crippen molar-refractivity contribution in [2.24, 2.45) is 0 Å². The van der Waals surface area contributed by atoms with E-state index in [0.29, 0.717) is 23.3 Å². The molecule has 0 spiro atoms. The van der Waals surface area contributed by atoms with E-state index >= 15 is 0 Å². The van der Waals surface area contributed by atoms with Crippen LogP contribution >= 0.6 is 0 Å². The third kappa shape index (κ3) is 4.57. The van der Waals surface area contributed by atoms with Gasteiger partial charge in [0.05, 0.1) is 16.4 Å². The van der Waals surface area contributed by atoms with Gasteiger partial charge in [0.15, 0.2) is 11.6 Å². The molecule has 0 aliphatic carbocycles. The highest BCUT2D eigenvalue weighted by Gasteiger charge is 2.22. The van der Waals surface area contributed by atoms with Crippen LogP contribution in [-0.4, -0.2) is 24.5 Å². The first-order chi connectivity index (χ1) is 27.2. The van der Waals surface area contributed by atoms with Crippen LogP contribution < -0.4 is 0 Å². The molecule has 256 valence electrons. The van der Waals surface area contributed by atoms with E-state index in [9.17, 15) is 0 Å². The number of aromatic nitrogens is 5. The van der Waals surface area contributed by atoms with Crippen molar-refractivity contribution in [3.63, 3.8) is 0 Å². The number of furan rings is 2. The molecule has 0 bridgehead atoms. The molecule has 0 saturated heterocycles. The van der Waals surface area contributed by atoms with Gasteiger partial charge >= 0.3 is 0 Å². The van der Waals surface area contributed by atoms with Gasteiger partial charge in [0.1, 0.15) is 28.0 Å². The fourth-order valence-corrected chi connectivity index (χ4v) is 8.14. The molecule has 0 fully saturated rings. The highest BCUT2D eigenvalue weighted by atomic mass is 16.3. The molecule has 0 unspecified atom stereocenters. The van der Waals surface area contributed by atoms with Crippen molar-refractivity contribution in [2.75, 3.05) is 0 Å². The van der Waals surface area contributed by atoms with Gasteiger partial charge in [-0.25, -0.2) is 4.98 Å². The summed E-state index contributed by atoms with van der Waals surface area (Å²) >= 11 is 0. The second-order valence-corrected chi connectivity index (χ2v) is 13.9. The Balaban J connectivity index is 1.13. The SMILES string of the molecule is c1ccc2cc(-c3nc(-c4nccc5oc6ccccc6c45)nc(-n4c5ccccc5c5ccc(-c6ccc7oc8ccccc8c7c6)cc54)n3)ccc2c1. The molecule has 0 atom stereocenters. The van der Waals surface area contributed by atoms with E-state index in [1.165, 1.54) is 0 Å². The van der Waals surface area contributed by atoms with E-state index in [1.807, 2.05) is 42.5 Å². The largest absolute Gasteiger partial charge is 0.456 e. The minimum absolute atomic E-state index is 0.463. The summed E-state index contributed by atoms with van der Waals surface area (Å²) in [6.45, 7) is 0. The van der Waals surface area contributed by atoms with Gasteiger partial charge in [-0.15, -0.1) is 0 Å². The van der Waals surface area contributed by atoms with E-state index < -0.39 is 0 Å². The lowest BCUT2D eigenvalue weighted by molar-refractivity contribution is 0.668. The van der Waals surface area contributed by atoms with Gasteiger partial charge < -0.3 is 8.83 Å². The van der Waals surface area contributed by atoms with Crippen molar-refractivity contribution < 1.29 is 8.83 Å². The lowest BCUT2D eigenvalue weighted by atomic mass is 10.0. The van der Waals surface area contributed by atoms with Crippen LogP contribution in [0.25, 0.3) is 116 Å². The van der Waals surface area contributed by atoms with Gasteiger partial charge in [-0.1, -0.05) is 109 Å². The number of rotatable bonds is 4. The number of pyridine rings is 1. The van der Waals surface area contributed by atoms with Gasteiger partial charge in [-0.2, -0.15) is 9.97 Å². The molecular formula is C48H27N5O2. The highest BCUT2D eigenvalue weighted by molar-refractivity contribution is 6.12. The normalized spacial score (nSPS) is 12.0. The van der Waals surface area contributed by atoms with Crippen molar-refractivity contribution in [2.45, 2.75) is 0 Å². The number of nitrogens with zero attached hydrogens (tertiary/aromatic N) is 5. The average Bonchev–Trinajstić information content (AvgIpc) is 3.92. The van der Waals surface area contributed by atoms with E-state index in [4.69, 9.17) is 28.8 Å². The highest BCUT2D eigenvalue weighted by Crippen LogP contribution is 2.39. The molecular weight excluding hydrogens is 679 g/mol.